The Morgan fingerprint density at radius 3 is 1.05 bits per heavy atom. The maximum absolute atomic E-state index is 3.60. The van der Waals surface area contributed by atoms with Crippen LogP contribution in [0.3, 0.4) is 0 Å². The van der Waals surface area contributed by atoms with Gasteiger partial charge in [-0.15, -0.1) is 6.58 Å². The first-order valence-corrected chi connectivity index (χ1v) is 8.57. The van der Waals surface area contributed by atoms with Crippen LogP contribution in [0.15, 0.2) is 24.8 Å². The smallest absolute Gasteiger partial charge is 0.0327 e. The molecule has 20 heavy (non-hydrogen) atoms. The minimum Gasteiger partial charge on any atom is -0.103 e. The molecule has 0 aromatic heterocycles. The molecular formula is C20H42. The fraction of sp³-hybridized carbons (Fsp3) is 0.800. The molecular weight excluding hydrogens is 240 g/mol. The molecule has 0 rings (SSSR count). The highest BCUT2D eigenvalue weighted by molar-refractivity contribution is 4.83. The summed E-state index contributed by atoms with van der Waals surface area (Å²) in [6.07, 6.45) is 12.8. The van der Waals surface area contributed by atoms with Crippen molar-refractivity contribution in [3.63, 3.8) is 0 Å². The summed E-state index contributed by atoms with van der Waals surface area (Å²) in [6.45, 7) is 21.3. The minimum atomic E-state index is 0.780. The molecule has 0 aliphatic heterocycles. The van der Waals surface area contributed by atoms with E-state index in [2.05, 4.69) is 74.1 Å². The SMILES string of the molecule is C=CCC(C)C.CC(C)CC=CCC(C)C.CCCC. The van der Waals surface area contributed by atoms with Crippen molar-refractivity contribution in [3.05, 3.63) is 24.8 Å². The van der Waals surface area contributed by atoms with E-state index in [9.17, 15) is 0 Å². The number of hydrogen-bond donors (Lipinski definition) is 0. The lowest BCUT2D eigenvalue weighted by molar-refractivity contribution is 0.644. The minimum absolute atomic E-state index is 0.780. The Morgan fingerprint density at radius 1 is 0.650 bits per heavy atom. The molecule has 0 nitrogen and oxygen atoms in total. The molecule has 0 spiro atoms. The Kier molecular flexibility index (Phi) is 25.5. The summed E-state index contributed by atoms with van der Waals surface area (Å²) < 4.78 is 0. The van der Waals surface area contributed by atoms with Crippen LogP contribution in [0.5, 0.6) is 0 Å². The van der Waals surface area contributed by atoms with Crippen molar-refractivity contribution in [2.75, 3.05) is 0 Å². The Balaban J connectivity index is -0.000000246. The van der Waals surface area contributed by atoms with Crippen molar-refractivity contribution in [1.29, 1.82) is 0 Å². The molecule has 0 bridgehead atoms. The molecule has 0 aliphatic rings. The molecule has 0 fully saturated rings. The lowest BCUT2D eigenvalue weighted by Crippen LogP contribution is -1.84. The average molecular weight is 283 g/mol. The first kappa shape index (κ1) is 24.5. The van der Waals surface area contributed by atoms with Gasteiger partial charge in [0.2, 0.25) is 0 Å². The summed E-state index contributed by atoms with van der Waals surface area (Å²) in [5, 5.41) is 0. The molecule has 0 unspecified atom stereocenters. The largest absolute Gasteiger partial charge is 0.103 e. The third kappa shape index (κ3) is 43.2. The zero-order valence-corrected chi connectivity index (χ0v) is 15.7. The molecule has 0 aromatic rings. The van der Waals surface area contributed by atoms with E-state index in [1.807, 2.05) is 6.08 Å². The number of unbranched alkanes of at least 4 members (excludes halogenated alkanes) is 1. The van der Waals surface area contributed by atoms with Crippen LogP contribution in [-0.4, -0.2) is 0 Å². The van der Waals surface area contributed by atoms with Crippen LogP contribution in [0.25, 0.3) is 0 Å². The molecule has 0 aromatic carbocycles. The van der Waals surface area contributed by atoms with Crippen molar-refractivity contribution >= 4 is 0 Å². The molecule has 0 aliphatic carbocycles. The molecule has 0 saturated heterocycles. The highest BCUT2D eigenvalue weighted by Crippen LogP contribution is 2.04. The van der Waals surface area contributed by atoms with Gasteiger partial charge in [0.05, 0.1) is 0 Å². The van der Waals surface area contributed by atoms with E-state index in [4.69, 9.17) is 0 Å². The molecule has 0 radical (unpaired) electrons. The van der Waals surface area contributed by atoms with Gasteiger partial charge in [0, 0.05) is 0 Å². The maximum Gasteiger partial charge on any atom is -0.0327 e. The van der Waals surface area contributed by atoms with E-state index in [1.165, 1.54) is 25.7 Å². The Morgan fingerprint density at radius 2 is 0.950 bits per heavy atom. The maximum atomic E-state index is 3.60. The summed E-state index contributed by atoms with van der Waals surface area (Å²) in [7, 11) is 0. The van der Waals surface area contributed by atoms with Gasteiger partial charge in [-0.05, 0) is 37.0 Å². The predicted molar refractivity (Wildman–Crippen MR) is 98.3 cm³/mol. The average Bonchev–Trinajstić information content (AvgIpc) is 2.35. The molecule has 0 N–H and O–H groups in total. The van der Waals surface area contributed by atoms with Gasteiger partial charge in [-0.1, -0.05) is 86.5 Å². The lowest BCUT2D eigenvalue weighted by atomic mass is 10.1. The van der Waals surface area contributed by atoms with E-state index in [0.29, 0.717) is 0 Å². The Hall–Kier alpha value is -0.520. The fourth-order valence-corrected chi connectivity index (χ4v) is 1.07. The normalized spacial score (nSPS) is 10.3. The molecule has 0 amide bonds. The lowest BCUT2D eigenvalue weighted by Gasteiger charge is -1.98. The van der Waals surface area contributed by atoms with Gasteiger partial charge in [0.15, 0.2) is 0 Å². The van der Waals surface area contributed by atoms with E-state index in [0.717, 1.165) is 24.2 Å². The van der Waals surface area contributed by atoms with Crippen LogP contribution in [0.4, 0.5) is 0 Å². The predicted octanol–water partition coefficient (Wildman–Crippen LogP) is 7.66. The van der Waals surface area contributed by atoms with Crippen molar-refractivity contribution in [2.24, 2.45) is 17.8 Å². The quantitative estimate of drug-likeness (QED) is 0.420. The summed E-state index contributed by atoms with van der Waals surface area (Å²) in [6, 6.07) is 0. The third-order valence-corrected chi connectivity index (χ3v) is 2.52. The second-order valence-electron chi connectivity index (χ2n) is 6.65. The monoisotopic (exact) mass is 282 g/mol. The van der Waals surface area contributed by atoms with Crippen LogP contribution in [-0.2, 0) is 0 Å². The van der Waals surface area contributed by atoms with E-state index >= 15 is 0 Å². The Labute approximate surface area is 130 Å². The molecule has 0 saturated carbocycles. The van der Waals surface area contributed by atoms with Gasteiger partial charge in [-0.2, -0.15) is 0 Å². The topological polar surface area (TPSA) is 0 Å². The van der Waals surface area contributed by atoms with E-state index in [-0.39, 0.29) is 0 Å². The van der Waals surface area contributed by atoms with Gasteiger partial charge >= 0.3 is 0 Å². The van der Waals surface area contributed by atoms with E-state index < -0.39 is 0 Å². The number of rotatable bonds is 7. The van der Waals surface area contributed by atoms with Crippen LogP contribution in [0, 0.1) is 17.8 Å². The van der Waals surface area contributed by atoms with E-state index in [1.54, 1.807) is 0 Å². The molecule has 0 atom stereocenters. The first-order valence-electron chi connectivity index (χ1n) is 8.57. The summed E-state index contributed by atoms with van der Waals surface area (Å²) >= 11 is 0. The zero-order chi connectivity index (χ0) is 16.4. The van der Waals surface area contributed by atoms with Crippen molar-refractivity contribution < 1.29 is 0 Å². The van der Waals surface area contributed by atoms with Crippen molar-refractivity contribution in [3.8, 4) is 0 Å². The van der Waals surface area contributed by atoms with Gasteiger partial charge in [-0.25, -0.2) is 0 Å². The van der Waals surface area contributed by atoms with Crippen LogP contribution in [0.2, 0.25) is 0 Å². The number of hydrogen-bond acceptors (Lipinski definition) is 0. The summed E-state index contributed by atoms with van der Waals surface area (Å²) in [5.74, 6) is 2.40. The molecule has 0 heteroatoms. The second kappa shape index (κ2) is 20.8. The summed E-state index contributed by atoms with van der Waals surface area (Å²) in [5.41, 5.74) is 0. The van der Waals surface area contributed by atoms with Gasteiger partial charge in [0.1, 0.15) is 0 Å². The fourth-order valence-electron chi connectivity index (χ4n) is 1.07. The van der Waals surface area contributed by atoms with Gasteiger partial charge in [-0.3, -0.25) is 0 Å². The second-order valence-corrected chi connectivity index (χ2v) is 6.65. The van der Waals surface area contributed by atoms with Gasteiger partial charge < -0.3 is 0 Å². The van der Waals surface area contributed by atoms with Crippen LogP contribution < -0.4 is 0 Å². The first-order chi connectivity index (χ1) is 9.31. The molecule has 122 valence electrons. The van der Waals surface area contributed by atoms with Crippen molar-refractivity contribution in [1.82, 2.24) is 0 Å². The standard InChI is InChI=1S/C10H20.C6H12.C4H10/c1-9(2)7-5-6-8-10(3)4;1-4-5-6(2)3;1-3-4-2/h5-6,9-10H,7-8H2,1-4H3;4,6H,1,5H2,2-3H3;3-4H2,1-2H3. The van der Waals surface area contributed by atoms with Crippen LogP contribution in [0.1, 0.15) is 87.5 Å². The zero-order valence-electron chi connectivity index (χ0n) is 15.7. The highest BCUT2D eigenvalue weighted by atomic mass is 14.0. The molecule has 0 heterocycles. The number of allylic oxidation sites excluding steroid dienone is 3. The third-order valence-electron chi connectivity index (χ3n) is 2.52. The Bertz CT molecular complexity index is 170. The van der Waals surface area contributed by atoms with Crippen LogP contribution >= 0.6 is 0 Å². The van der Waals surface area contributed by atoms with Gasteiger partial charge in [0.25, 0.3) is 0 Å². The summed E-state index contributed by atoms with van der Waals surface area (Å²) in [4.78, 5) is 0. The highest BCUT2D eigenvalue weighted by Gasteiger charge is 1.89. The van der Waals surface area contributed by atoms with Crippen molar-refractivity contribution in [2.45, 2.75) is 87.5 Å².